The Balaban J connectivity index is 1.96. The smallest absolute Gasteiger partial charge is 0.399 e. The molecule has 1 aromatic carbocycles. The van der Waals surface area contributed by atoms with Crippen molar-refractivity contribution in [3.8, 4) is 0 Å². The van der Waals surface area contributed by atoms with E-state index in [0.29, 0.717) is 6.42 Å². The van der Waals surface area contributed by atoms with Gasteiger partial charge in [-0.3, -0.25) is 4.79 Å². The number of anilines is 1. The van der Waals surface area contributed by atoms with Crippen LogP contribution in [0.15, 0.2) is 24.3 Å². The lowest BCUT2D eigenvalue weighted by atomic mass is 9.77. The average Bonchev–Trinajstić information content (AvgIpc) is 2.91. The summed E-state index contributed by atoms with van der Waals surface area (Å²) in [4.78, 5) is 13.9. The Morgan fingerprint density at radius 2 is 1.71 bits per heavy atom. The molecule has 0 N–H and O–H groups in total. The molecule has 2 saturated heterocycles. The van der Waals surface area contributed by atoms with Crippen molar-refractivity contribution in [1.29, 1.82) is 0 Å². The summed E-state index contributed by atoms with van der Waals surface area (Å²) < 4.78 is 12.3. The lowest BCUT2D eigenvalue weighted by Crippen LogP contribution is -2.41. The molecule has 112 valence electrons. The minimum absolute atomic E-state index is 0.180. The summed E-state index contributed by atoms with van der Waals surface area (Å²) in [5, 5.41) is 0. The SMILES string of the molecule is CC1(C)OB(c2ccccc2N2CCCC2=O)OC1(C)C. The predicted molar refractivity (Wildman–Crippen MR) is 83.7 cm³/mol. The van der Waals surface area contributed by atoms with E-state index in [9.17, 15) is 4.79 Å². The molecule has 0 bridgehead atoms. The van der Waals surface area contributed by atoms with E-state index in [4.69, 9.17) is 9.31 Å². The molecule has 2 aliphatic heterocycles. The van der Waals surface area contributed by atoms with Crippen LogP contribution in [0.3, 0.4) is 0 Å². The van der Waals surface area contributed by atoms with Gasteiger partial charge in [0.05, 0.1) is 11.2 Å². The fourth-order valence-electron chi connectivity index (χ4n) is 2.81. The van der Waals surface area contributed by atoms with Crippen LogP contribution < -0.4 is 10.4 Å². The van der Waals surface area contributed by atoms with Crippen LogP contribution in [0.25, 0.3) is 0 Å². The van der Waals surface area contributed by atoms with Crippen molar-refractivity contribution in [2.75, 3.05) is 11.4 Å². The van der Waals surface area contributed by atoms with Gasteiger partial charge in [0.2, 0.25) is 5.91 Å². The molecule has 0 radical (unpaired) electrons. The Hall–Kier alpha value is -1.33. The normalized spacial score (nSPS) is 23.9. The van der Waals surface area contributed by atoms with E-state index in [1.165, 1.54) is 0 Å². The third-order valence-electron chi connectivity index (χ3n) is 4.81. The van der Waals surface area contributed by atoms with Crippen molar-refractivity contribution < 1.29 is 14.1 Å². The van der Waals surface area contributed by atoms with Gasteiger partial charge in [0.1, 0.15) is 0 Å². The van der Waals surface area contributed by atoms with Crippen molar-refractivity contribution in [3.63, 3.8) is 0 Å². The van der Waals surface area contributed by atoms with E-state index < -0.39 is 7.12 Å². The van der Waals surface area contributed by atoms with Gasteiger partial charge in [-0.05, 0) is 40.2 Å². The van der Waals surface area contributed by atoms with Gasteiger partial charge in [0.25, 0.3) is 0 Å². The second-order valence-electron chi connectivity index (χ2n) is 6.80. The number of carbonyl (C=O) groups is 1. The first-order valence-electron chi connectivity index (χ1n) is 7.57. The van der Waals surface area contributed by atoms with Crippen molar-refractivity contribution in [2.45, 2.75) is 51.7 Å². The molecule has 0 saturated carbocycles. The van der Waals surface area contributed by atoms with Crippen LogP contribution in [0.4, 0.5) is 5.69 Å². The van der Waals surface area contributed by atoms with Gasteiger partial charge in [0, 0.05) is 24.1 Å². The highest BCUT2D eigenvalue weighted by Gasteiger charge is 2.52. The van der Waals surface area contributed by atoms with E-state index >= 15 is 0 Å². The molecule has 3 rings (SSSR count). The van der Waals surface area contributed by atoms with Crippen LogP contribution in [0.5, 0.6) is 0 Å². The largest absolute Gasteiger partial charge is 0.496 e. The standard InChI is InChI=1S/C16H22BNO3/c1-15(2)16(3,4)21-17(20-15)12-8-5-6-9-13(12)18-11-7-10-14(18)19/h5-6,8-9H,7,10-11H2,1-4H3. The topological polar surface area (TPSA) is 38.8 Å². The van der Waals surface area contributed by atoms with E-state index in [-0.39, 0.29) is 17.1 Å². The maximum absolute atomic E-state index is 12.0. The predicted octanol–water partition coefficient (Wildman–Crippen LogP) is 2.11. The first-order chi connectivity index (χ1) is 9.82. The van der Waals surface area contributed by atoms with Gasteiger partial charge in [0.15, 0.2) is 0 Å². The minimum Gasteiger partial charge on any atom is -0.399 e. The molecule has 0 unspecified atom stereocenters. The van der Waals surface area contributed by atoms with Gasteiger partial charge in [-0.25, -0.2) is 0 Å². The third-order valence-corrected chi connectivity index (χ3v) is 4.81. The Bertz CT molecular complexity index is 554. The Labute approximate surface area is 126 Å². The van der Waals surface area contributed by atoms with Gasteiger partial charge in [-0.15, -0.1) is 0 Å². The van der Waals surface area contributed by atoms with E-state index in [1.54, 1.807) is 0 Å². The van der Waals surface area contributed by atoms with Gasteiger partial charge in [-0.2, -0.15) is 0 Å². The van der Waals surface area contributed by atoms with Crippen molar-refractivity contribution in [3.05, 3.63) is 24.3 Å². The summed E-state index contributed by atoms with van der Waals surface area (Å²) in [6, 6.07) is 7.88. The Morgan fingerprint density at radius 3 is 2.29 bits per heavy atom. The summed E-state index contributed by atoms with van der Waals surface area (Å²) >= 11 is 0. The summed E-state index contributed by atoms with van der Waals surface area (Å²) in [5.74, 6) is 0.180. The van der Waals surface area contributed by atoms with Gasteiger partial charge in [-0.1, -0.05) is 18.2 Å². The van der Waals surface area contributed by atoms with Crippen LogP contribution in [-0.4, -0.2) is 30.8 Å². The van der Waals surface area contributed by atoms with Gasteiger partial charge < -0.3 is 14.2 Å². The number of hydrogen-bond donors (Lipinski definition) is 0. The highest BCUT2D eigenvalue weighted by molar-refractivity contribution is 6.64. The minimum atomic E-state index is -0.431. The zero-order chi connectivity index (χ0) is 15.3. The quantitative estimate of drug-likeness (QED) is 0.782. The number of amides is 1. The number of para-hydroxylation sites is 1. The highest BCUT2D eigenvalue weighted by atomic mass is 16.7. The van der Waals surface area contributed by atoms with Crippen LogP contribution in [0.2, 0.25) is 0 Å². The number of carbonyl (C=O) groups excluding carboxylic acids is 1. The molecule has 2 heterocycles. The second-order valence-corrected chi connectivity index (χ2v) is 6.80. The van der Waals surface area contributed by atoms with Crippen LogP contribution in [-0.2, 0) is 14.1 Å². The third kappa shape index (κ3) is 2.38. The molecule has 2 aliphatic rings. The Morgan fingerprint density at radius 1 is 1.10 bits per heavy atom. The number of hydrogen-bond acceptors (Lipinski definition) is 3. The van der Waals surface area contributed by atoms with E-state index in [0.717, 1.165) is 24.1 Å². The first-order valence-corrected chi connectivity index (χ1v) is 7.57. The maximum atomic E-state index is 12.0. The fourth-order valence-corrected chi connectivity index (χ4v) is 2.81. The van der Waals surface area contributed by atoms with E-state index in [2.05, 4.69) is 0 Å². The monoisotopic (exact) mass is 287 g/mol. The molecule has 1 aromatic rings. The molecule has 5 heteroatoms. The zero-order valence-corrected chi connectivity index (χ0v) is 13.2. The summed E-state index contributed by atoms with van der Waals surface area (Å²) in [6.07, 6.45) is 1.54. The zero-order valence-electron chi connectivity index (χ0n) is 13.2. The molecular weight excluding hydrogens is 265 g/mol. The molecule has 0 spiro atoms. The number of benzene rings is 1. The molecule has 2 fully saturated rings. The van der Waals surface area contributed by atoms with Crippen LogP contribution in [0, 0.1) is 0 Å². The Kier molecular flexibility index (Phi) is 3.37. The number of nitrogens with zero attached hydrogens (tertiary/aromatic N) is 1. The molecule has 4 nitrogen and oxygen atoms in total. The average molecular weight is 287 g/mol. The lowest BCUT2D eigenvalue weighted by molar-refractivity contribution is -0.117. The van der Waals surface area contributed by atoms with Gasteiger partial charge >= 0.3 is 7.12 Å². The van der Waals surface area contributed by atoms with Crippen LogP contribution >= 0.6 is 0 Å². The lowest BCUT2D eigenvalue weighted by Gasteiger charge is -2.32. The summed E-state index contributed by atoms with van der Waals surface area (Å²) in [7, 11) is -0.431. The summed E-state index contributed by atoms with van der Waals surface area (Å²) in [6.45, 7) is 8.93. The molecule has 0 aliphatic carbocycles. The molecule has 0 atom stereocenters. The molecule has 21 heavy (non-hydrogen) atoms. The van der Waals surface area contributed by atoms with Crippen LogP contribution in [0.1, 0.15) is 40.5 Å². The van der Waals surface area contributed by atoms with Crippen molar-refractivity contribution in [1.82, 2.24) is 0 Å². The van der Waals surface area contributed by atoms with Crippen molar-refractivity contribution >= 4 is 24.2 Å². The van der Waals surface area contributed by atoms with E-state index in [1.807, 2.05) is 56.9 Å². The highest BCUT2D eigenvalue weighted by Crippen LogP contribution is 2.37. The second kappa shape index (κ2) is 4.85. The fraction of sp³-hybridized carbons (Fsp3) is 0.562. The molecule has 1 amide bonds. The maximum Gasteiger partial charge on any atom is 0.496 e. The van der Waals surface area contributed by atoms with Crippen molar-refractivity contribution in [2.24, 2.45) is 0 Å². The molecular formula is C16H22BNO3. The summed E-state index contributed by atoms with van der Waals surface area (Å²) in [5.41, 5.74) is 1.10. The number of rotatable bonds is 2. The molecule has 0 aromatic heterocycles. The first kappa shape index (κ1) is 14.6.